The van der Waals surface area contributed by atoms with E-state index in [-0.39, 0.29) is 18.2 Å². The van der Waals surface area contributed by atoms with Crippen molar-refractivity contribution in [2.45, 2.75) is 13.8 Å². The van der Waals surface area contributed by atoms with Crippen molar-refractivity contribution in [1.29, 1.82) is 0 Å². The Morgan fingerprint density at radius 1 is 1.58 bits per heavy atom. The molecule has 1 amide bonds. The number of nitrogens with two attached hydrogens (primary N) is 1. The molecule has 1 aromatic rings. The molecule has 0 spiro atoms. The number of furan rings is 1. The molecule has 0 saturated heterocycles. The van der Waals surface area contributed by atoms with Crippen LogP contribution in [-0.4, -0.2) is 5.91 Å². The number of rotatable bonds is 1. The molecule has 0 fully saturated rings. The topological polar surface area (TPSA) is 68.3 Å². The first-order valence-corrected chi connectivity index (χ1v) is 3.23. The smallest absolute Gasteiger partial charge is 0.301 e. The van der Waals surface area contributed by atoms with Crippen LogP contribution < -0.4 is 11.3 Å². The van der Waals surface area contributed by atoms with Crippen molar-refractivity contribution >= 4 is 18.3 Å². The van der Waals surface area contributed by atoms with E-state index in [1.165, 1.54) is 0 Å². The molecular formula is C7H11ClN2O2. The zero-order valence-electron chi connectivity index (χ0n) is 6.88. The number of carbonyl (C=O) groups excluding carboxylic acids is 1. The van der Waals surface area contributed by atoms with Gasteiger partial charge in [-0.3, -0.25) is 10.2 Å². The van der Waals surface area contributed by atoms with Crippen molar-refractivity contribution in [2.24, 2.45) is 5.84 Å². The van der Waals surface area contributed by atoms with Crippen molar-refractivity contribution in [1.82, 2.24) is 5.43 Å². The molecule has 0 saturated carbocycles. The van der Waals surface area contributed by atoms with Crippen molar-refractivity contribution in [2.75, 3.05) is 0 Å². The predicted octanol–water partition coefficient (Wildman–Crippen LogP) is 0.922. The molecule has 5 heteroatoms. The minimum Gasteiger partial charge on any atom is -0.456 e. The summed E-state index contributed by atoms with van der Waals surface area (Å²) in [6.45, 7) is 3.57. The molecular weight excluding hydrogens is 180 g/mol. The summed E-state index contributed by atoms with van der Waals surface area (Å²) in [6, 6.07) is 1.78. The Morgan fingerprint density at radius 3 is 2.50 bits per heavy atom. The van der Waals surface area contributed by atoms with Crippen molar-refractivity contribution < 1.29 is 9.21 Å². The monoisotopic (exact) mass is 190 g/mol. The molecule has 0 unspecified atom stereocenters. The third kappa shape index (κ3) is 1.99. The number of hydrogen-bond acceptors (Lipinski definition) is 3. The van der Waals surface area contributed by atoms with Crippen LogP contribution in [0.15, 0.2) is 10.5 Å². The van der Waals surface area contributed by atoms with Gasteiger partial charge in [-0.2, -0.15) is 0 Å². The average Bonchev–Trinajstić information content (AvgIpc) is 2.28. The Hall–Kier alpha value is -1.00. The van der Waals surface area contributed by atoms with Gasteiger partial charge in [0, 0.05) is 5.56 Å². The van der Waals surface area contributed by atoms with E-state index in [2.05, 4.69) is 0 Å². The summed E-state index contributed by atoms with van der Waals surface area (Å²) in [4.78, 5) is 10.9. The summed E-state index contributed by atoms with van der Waals surface area (Å²) in [5.74, 6) is 5.52. The number of aryl methyl sites for hydroxylation is 2. The van der Waals surface area contributed by atoms with Gasteiger partial charge >= 0.3 is 5.91 Å². The van der Waals surface area contributed by atoms with Gasteiger partial charge < -0.3 is 4.42 Å². The predicted molar refractivity (Wildman–Crippen MR) is 47.1 cm³/mol. The summed E-state index contributed by atoms with van der Waals surface area (Å²) in [7, 11) is 0. The summed E-state index contributed by atoms with van der Waals surface area (Å²) < 4.78 is 5.07. The minimum atomic E-state index is -0.393. The first-order chi connectivity index (χ1) is 5.15. The molecule has 4 nitrogen and oxygen atoms in total. The van der Waals surface area contributed by atoms with E-state index in [0.717, 1.165) is 5.56 Å². The molecule has 0 atom stereocenters. The molecule has 0 aromatic carbocycles. The quantitative estimate of drug-likeness (QED) is 0.393. The molecule has 0 aliphatic rings. The lowest BCUT2D eigenvalue weighted by Gasteiger charge is -1.94. The SMILES string of the molecule is Cc1cc(C)c(C(=O)NN)o1.Cl. The second kappa shape index (κ2) is 4.13. The highest BCUT2D eigenvalue weighted by Gasteiger charge is 2.11. The van der Waals surface area contributed by atoms with Gasteiger partial charge in [0.15, 0.2) is 5.76 Å². The number of halogens is 1. The van der Waals surface area contributed by atoms with Crippen LogP contribution in [0, 0.1) is 13.8 Å². The third-order valence-corrected chi connectivity index (χ3v) is 1.38. The molecule has 0 radical (unpaired) electrons. The number of nitrogens with one attached hydrogen (secondary N) is 1. The van der Waals surface area contributed by atoms with Crippen LogP contribution in [0.4, 0.5) is 0 Å². The molecule has 0 aliphatic carbocycles. The van der Waals surface area contributed by atoms with Gasteiger partial charge in [0.25, 0.3) is 0 Å². The fraction of sp³-hybridized carbons (Fsp3) is 0.286. The van der Waals surface area contributed by atoms with Crippen LogP contribution >= 0.6 is 12.4 Å². The molecule has 1 rings (SSSR count). The number of carbonyl (C=O) groups is 1. The number of amides is 1. The van der Waals surface area contributed by atoms with Crippen LogP contribution in [0.5, 0.6) is 0 Å². The average molecular weight is 191 g/mol. The zero-order valence-corrected chi connectivity index (χ0v) is 7.70. The second-order valence-electron chi connectivity index (χ2n) is 2.34. The fourth-order valence-corrected chi connectivity index (χ4v) is 0.932. The molecule has 3 N–H and O–H groups in total. The number of hydrogen-bond donors (Lipinski definition) is 2. The summed E-state index contributed by atoms with van der Waals surface area (Å²) in [6.07, 6.45) is 0. The summed E-state index contributed by atoms with van der Waals surface area (Å²) >= 11 is 0. The molecule has 1 heterocycles. The van der Waals surface area contributed by atoms with E-state index in [1.54, 1.807) is 19.9 Å². The van der Waals surface area contributed by atoms with E-state index >= 15 is 0 Å². The Kier molecular flexibility index (Phi) is 3.79. The van der Waals surface area contributed by atoms with E-state index < -0.39 is 5.91 Å². The number of hydrazine groups is 1. The standard InChI is InChI=1S/C7H10N2O2.ClH/c1-4-3-5(2)11-6(4)7(10)9-8;/h3H,8H2,1-2H3,(H,9,10);1H. The summed E-state index contributed by atoms with van der Waals surface area (Å²) in [5.41, 5.74) is 2.80. The third-order valence-electron chi connectivity index (χ3n) is 1.38. The van der Waals surface area contributed by atoms with Gasteiger partial charge in [-0.05, 0) is 19.9 Å². The fourth-order valence-electron chi connectivity index (χ4n) is 0.932. The Bertz CT molecular complexity index is 283. The van der Waals surface area contributed by atoms with Gasteiger partial charge in [0.2, 0.25) is 0 Å². The van der Waals surface area contributed by atoms with Crippen LogP contribution in [-0.2, 0) is 0 Å². The van der Waals surface area contributed by atoms with Crippen LogP contribution in [0.3, 0.4) is 0 Å². The first kappa shape index (κ1) is 11.0. The first-order valence-electron chi connectivity index (χ1n) is 3.23. The maximum Gasteiger partial charge on any atom is 0.301 e. The van der Waals surface area contributed by atoms with Crippen molar-refractivity contribution in [3.05, 3.63) is 23.2 Å². The molecule has 12 heavy (non-hydrogen) atoms. The maximum absolute atomic E-state index is 10.9. The highest BCUT2D eigenvalue weighted by Crippen LogP contribution is 2.12. The van der Waals surface area contributed by atoms with E-state index in [1.807, 2.05) is 5.43 Å². The highest BCUT2D eigenvalue weighted by molar-refractivity contribution is 5.92. The van der Waals surface area contributed by atoms with Crippen LogP contribution in [0.1, 0.15) is 21.9 Å². The Balaban J connectivity index is 0.00000121. The normalized spacial score (nSPS) is 8.92. The van der Waals surface area contributed by atoms with Crippen LogP contribution in [0.25, 0.3) is 0 Å². The largest absolute Gasteiger partial charge is 0.456 e. The van der Waals surface area contributed by atoms with Crippen LogP contribution in [0.2, 0.25) is 0 Å². The minimum absolute atomic E-state index is 0. The molecule has 0 aliphatic heterocycles. The van der Waals surface area contributed by atoms with E-state index in [4.69, 9.17) is 10.3 Å². The molecule has 68 valence electrons. The van der Waals surface area contributed by atoms with E-state index in [9.17, 15) is 4.79 Å². The lowest BCUT2D eigenvalue weighted by atomic mass is 10.2. The zero-order chi connectivity index (χ0) is 8.43. The number of nitrogen functional groups attached to an aromatic ring is 1. The van der Waals surface area contributed by atoms with Gasteiger partial charge in [0.05, 0.1) is 0 Å². The van der Waals surface area contributed by atoms with Crippen molar-refractivity contribution in [3.63, 3.8) is 0 Å². The lowest BCUT2D eigenvalue weighted by molar-refractivity contribution is 0.0924. The molecule has 0 bridgehead atoms. The lowest BCUT2D eigenvalue weighted by Crippen LogP contribution is -2.30. The van der Waals surface area contributed by atoms with Gasteiger partial charge in [0.1, 0.15) is 5.76 Å². The van der Waals surface area contributed by atoms with Crippen molar-refractivity contribution in [3.8, 4) is 0 Å². The second-order valence-corrected chi connectivity index (χ2v) is 2.34. The Labute approximate surface area is 76.5 Å². The summed E-state index contributed by atoms with van der Waals surface area (Å²) in [5, 5.41) is 0. The van der Waals surface area contributed by atoms with Gasteiger partial charge in [-0.1, -0.05) is 0 Å². The molecule has 1 aromatic heterocycles. The van der Waals surface area contributed by atoms with Gasteiger partial charge in [-0.25, -0.2) is 5.84 Å². The highest BCUT2D eigenvalue weighted by atomic mass is 35.5. The van der Waals surface area contributed by atoms with E-state index in [0.29, 0.717) is 5.76 Å². The Morgan fingerprint density at radius 2 is 2.17 bits per heavy atom. The maximum atomic E-state index is 10.9. The van der Waals surface area contributed by atoms with Gasteiger partial charge in [-0.15, -0.1) is 12.4 Å².